The van der Waals surface area contributed by atoms with Crippen LogP contribution in [0.15, 0.2) is 0 Å². The second-order valence-corrected chi connectivity index (χ2v) is 0.724. The number of aliphatic hydroxyl groups is 1. The van der Waals surface area contributed by atoms with Crippen LogP contribution >= 0.6 is 0 Å². The highest BCUT2D eigenvalue weighted by molar-refractivity contribution is 4.10. The molecule has 0 radical (unpaired) electrons. The van der Waals surface area contributed by atoms with Gasteiger partial charge in [0.1, 0.15) is 0 Å². The van der Waals surface area contributed by atoms with Gasteiger partial charge in [-0.3, -0.25) is 0 Å². The van der Waals surface area contributed by atoms with Crippen LogP contribution in [0.1, 0.15) is 13.3 Å². The Bertz CT molecular complexity index is 8.85. The predicted molar refractivity (Wildman–Crippen MR) is 22.4 cm³/mol. The van der Waals surface area contributed by atoms with Crippen LogP contribution in [-0.2, 0) is 0 Å². The minimum atomic E-state index is 0. The number of rotatable bonds is 1. The third kappa shape index (κ3) is 17.1. The van der Waals surface area contributed by atoms with E-state index in [2.05, 4.69) is 0 Å². The number of aliphatic hydroxyl groups excluding tert-OH is 1. The summed E-state index contributed by atoms with van der Waals surface area (Å²) in [5, 5.41) is 7.88. The van der Waals surface area contributed by atoms with Crippen molar-refractivity contribution in [1.82, 2.24) is 6.15 Å². The van der Waals surface area contributed by atoms with Gasteiger partial charge in [-0.1, -0.05) is 6.92 Å². The van der Waals surface area contributed by atoms with Crippen molar-refractivity contribution in [3.63, 3.8) is 0 Å². The normalized spacial score (nSPS) is 6.00. The van der Waals surface area contributed by atoms with Crippen molar-refractivity contribution < 1.29 is 5.11 Å². The lowest BCUT2D eigenvalue weighted by Crippen LogP contribution is -1.69. The third-order valence-corrected chi connectivity index (χ3v) is 0.224. The van der Waals surface area contributed by atoms with Crippen LogP contribution in [0.4, 0.5) is 0 Å². The summed E-state index contributed by atoms with van der Waals surface area (Å²) in [5.41, 5.74) is 0. The summed E-state index contributed by atoms with van der Waals surface area (Å²) in [6.45, 7) is 2.25. The summed E-state index contributed by atoms with van der Waals surface area (Å²) in [5.74, 6) is 0. The Morgan fingerprint density at radius 3 is 1.80 bits per heavy atom. The van der Waals surface area contributed by atoms with Gasteiger partial charge < -0.3 is 11.3 Å². The molecular formula is C3H11NO. The summed E-state index contributed by atoms with van der Waals surface area (Å²) < 4.78 is 0. The maximum Gasteiger partial charge on any atom is 0.0428 e. The van der Waals surface area contributed by atoms with E-state index in [0.29, 0.717) is 6.61 Å². The molecule has 0 bridgehead atoms. The van der Waals surface area contributed by atoms with Gasteiger partial charge in [-0.05, 0) is 6.42 Å². The van der Waals surface area contributed by atoms with Gasteiger partial charge in [-0.15, -0.1) is 0 Å². The van der Waals surface area contributed by atoms with Gasteiger partial charge in [-0.25, -0.2) is 0 Å². The molecule has 0 aromatic rings. The van der Waals surface area contributed by atoms with Crippen LogP contribution < -0.4 is 6.15 Å². The maximum atomic E-state index is 7.88. The average molecular weight is 77.1 g/mol. The van der Waals surface area contributed by atoms with Gasteiger partial charge >= 0.3 is 0 Å². The van der Waals surface area contributed by atoms with E-state index in [4.69, 9.17) is 5.11 Å². The molecule has 0 unspecified atom stereocenters. The monoisotopic (exact) mass is 77.1 g/mol. The first-order chi connectivity index (χ1) is 1.91. The fourth-order valence-electron chi connectivity index (χ4n) is 0. The van der Waals surface area contributed by atoms with E-state index in [1.807, 2.05) is 6.92 Å². The first-order valence-electron chi connectivity index (χ1n) is 1.52. The van der Waals surface area contributed by atoms with Crippen LogP contribution in [0.3, 0.4) is 0 Å². The first-order valence-corrected chi connectivity index (χ1v) is 1.52. The topological polar surface area (TPSA) is 55.2 Å². The van der Waals surface area contributed by atoms with Crippen LogP contribution in [0.2, 0.25) is 0 Å². The van der Waals surface area contributed by atoms with Crippen molar-refractivity contribution in [2.75, 3.05) is 6.61 Å². The summed E-state index contributed by atoms with van der Waals surface area (Å²) >= 11 is 0. The molecule has 0 aliphatic carbocycles. The minimum Gasteiger partial charge on any atom is -0.396 e. The van der Waals surface area contributed by atoms with Gasteiger partial charge in [0, 0.05) is 6.61 Å². The molecule has 4 N–H and O–H groups in total. The molecule has 0 fully saturated rings. The van der Waals surface area contributed by atoms with Crippen LogP contribution in [0.25, 0.3) is 0 Å². The van der Waals surface area contributed by atoms with Gasteiger partial charge in [0.05, 0.1) is 0 Å². The van der Waals surface area contributed by atoms with Gasteiger partial charge in [-0.2, -0.15) is 0 Å². The smallest absolute Gasteiger partial charge is 0.0428 e. The molecular weight excluding hydrogens is 66.0 g/mol. The molecule has 0 aliphatic heterocycles. The standard InChI is InChI=1S/C3H8O.H3N/c1-2-3-4;/h4H,2-3H2,1H3;1H3. The fourth-order valence-corrected chi connectivity index (χ4v) is 0. The Hall–Kier alpha value is -0.0800. The van der Waals surface area contributed by atoms with E-state index in [0.717, 1.165) is 6.42 Å². The highest BCUT2D eigenvalue weighted by Gasteiger charge is 1.57. The number of hydrogen-bond donors (Lipinski definition) is 2. The Labute approximate surface area is 32.4 Å². The minimum absolute atomic E-state index is 0. The van der Waals surface area contributed by atoms with Crippen molar-refractivity contribution in [1.29, 1.82) is 0 Å². The third-order valence-electron chi connectivity index (χ3n) is 0.224. The van der Waals surface area contributed by atoms with Crippen molar-refractivity contribution in [3.8, 4) is 0 Å². The molecule has 0 saturated carbocycles. The maximum absolute atomic E-state index is 7.88. The Balaban J connectivity index is 0. The fraction of sp³-hybridized carbons (Fsp3) is 1.00. The van der Waals surface area contributed by atoms with Crippen LogP contribution in [0.5, 0.6) is 0 Å². The highest BCUT2D eigenvalue weighted by atomic mass is 16.2. The van der Waals surface area contributed by atoms with E-state index in [1.54, 1.807) is 0 Å². The second kappa shape index (κ2) is 9.07. The summed E-state index contributed by atoms with van der Waals surface area (Å²) in [6.07, 6.45) is 0.875. The van der Waals surface area contributed by atoms with Crippen molar-refractivity contribution >= 4 is 0 Å². The zero-order valence-corrected chi connectivity index (χ0v) is 3.57. The zero-order chi connectivity index (χ0) is 3.41. The second-order valence-electron chi connectivity index (χ2n) is 0.724. The molecule has 0 rings (SSSR count). The molecule has 2 nitrogen and oxygen atoms in total. The molecule has 34 valence electrons. The van der Waals surface area contributed by atoms with E-state index in [1.165, 1.54) is 0 Å². The lowest BCUT2D eigenvalue weighted by atomic mass is 10.5. The van der Waals surface area contributed by atoms with E-state index < -0.39 is 0 Å². The van der Waals surface area contributed by atoms with Crippen molar-refractivity contribution in [2.45, 2.75) is 13.3 Å². The molecule has 0 atom stereocenters. The van der Waals surface area contributed by atoms with Crippen LogP contribution in [0, 0.1) is 0 Å². The largest absolute Gasteiger partial charge is 0.396 e. The molecule has 0 aliphatic rings. The highest BCUT2D eigenvalue weighted by Crippen LogP contribution is 1.61. The van der Waals surface area contributed by atoms with E-state index in [-0.39, 0.29) is 6.15 Å². The Morgan fingerprint density at radius 2 is 1.80 bits per heavy atom. The molecule has 0 amide bonds. The molecule has 0 spiro atoms. The lowest BCUT2D eigenvalue weighted by Gasteiger charge is -1.69. The van der Waals surface area contributed by atoms with Crippen molar-refractivity contribution in [3.05, 3.63) is 0 Å². The predicted octanol–water partition coefficient (Wildman–Crippen LogP) is 0.551. The zero-order valence-electron chi connectivity index (χ0n) is 3.57. The molecule has 0 aromatic carbocycles. The summed E-state index contributed by atoms with van der Waals surface area (Å²) in [4.78, 5) is 0. The quantitative estimate of drug-likeness (QED) is 0.480. The summed E-state index contributed by atoms with van der Waals surface area (Å²) in [7, 11) is 0. The molecule has 2 heteroatoms. The van der Waals surface area contributed by atoms with E-state index >= 15 is 0 Å². The number of hydrogen-bond acceptors (Lipinski definition) is 2. The van der Waals surface area contributed by atoms with E-state index in [9.17, 15) is 0 Å². The SMILES string of the molecule is CCCO.N. The Kier molecular flexibility index (Phi) is 16.1. The van der Waals surface area contributed by atoms with Crippen molar-refractivity contribution in [2.24, 2.45) is 0 Å². The lowest BCUT2D eigenvalue weighted by molar-refractivity contribution is 0.295. The van der Waals surface area contributed by atoms with Gasteiger partial charge in [0.15, 0.2) is 0 Å². The van der Waals surface area contributed by atoms with Gasteiger partial charge in [0.25, 0.3) is 0 Å². The first kappa shape index (κ1) is 8.87. The van der Waals surface area contributed by atoms with Crippen LogP contribution in [-0.4, -0.2) is 11.7 Å². The Morgan fingerprint density at radius 1 is 1.60 bits per heavy atom. The average Bonchev–Trinajstić information content (AvgIpc) is 1.37. The molecule has 0 heterocycles. The summed E-state index contributed by atoms with van der Waals surface area (Å²) in [6, 6.07) is 0. The molecule has 0 aromatic heterocycles. The molecule has 5 heavy (non-hydrogen) atoms. The van der Waals surface area contributed by atoms with Gasteiger partial charge in [0.2, 0.25) is 0 Å². The molecule has 0 saturated heterocycles.